The average Bonchev–Trinajstić information content (AvgIpc) is 2.69. The number of nitrogens with zero attached hydrogens (tertiary/aromatic N) is 1. The van der Waals surface area contributed by atoms with Crippen molar-refractivity contribution >= 4 is 32.2 Å². The molecule has 0 saturated heterocycles. The Balaban J connectivity index is 2.33. The molecule has 2 rings (SSSR count). The first-order chi connectivity index (χ1) is 9.33. The number of anilines is 2. The molecule has 20 heavy (non-hydrogen) atoms. The van der Waals surface area contributed by atoms with Crippen molar-refractivity contribution in [1.29, 1.82) is 0 Å². The van der Waals surface area contributed by atoms with Crippen LogP contribution in [0.5, 0.6) is 5.75 Å². The molecule has 8 heteroatoms. The molecule has 0 unspecified atom stereocenters. The van der Waals surface area contributed by atoms with Gasteiger partial charge in [0.2, 0.25) is 0 Å². The van der Waals surface area contributed by atoms with Crippen molar-refractivity contribution in [3.8, 4) is 5.75 Å². The molecule has 0 bridgehead atoms. The Morgan fingerprint density at radius 3 is 2.55 bits per heavy atom. The van der Waals surface area contributed by atoms with Gasteiger partial charge in [-0.15, -0.1) is 0 Å². The lowest BCUT2D eigenvalue weighted by Gasteiger charge is -2.09. The summed E-state index contributed by atoms with van der Waals surface area (Å²) in [6.07, 6.45) is 0. The van der Waals surface area contributed by atoms with Gasteiger partial charge < -0.3 is 10.5 Å². The fraction of sp³-hybridized carbons (Fsp3) is 0.250. The van der Waals surface area contributed by atoms with Gasteiger partial charge in [-0.05, 0) is 37.6 Å². The number of thiazole rings is 1. The van der Waals surface area contributed by atoms with Gasteiger partial charge in [0.15, 0.2) is 9.34 Å². The average molecular weight is 313 g/mol. The summed E-state index contributed by atoms with van der Waals surface area (Å²) in [7, 11) is -2.11. The monoisotopic (exact) mass is 313 g/mol. The molecule has 0 fully saturated rings. The predicted octanol–water partition coefficient (Wildman–Crippen LogP) is 2.15. The van der Waals surface area contributed by atoms with E-state index in [4.69, 9.17) is 10.5 Å². The fourth-order valence-electron chi connectivity index (χ4n) is 1.80. The van der Waals surface area contributed by atoms with Crippen LogP contribution in [0.3, 0.4) is 0 Å². The Morgan fingerprint density at radius 2 is 2.05 bits per heavy atom. The highest BCUT2D eigenvalue weighted by molar-refractivity contribution is 7.94. The van der Waals surface area contributed by atoms with E-state index in [9.17, 15) is 8.42 Å². The highest BCUT2D eigenvalue weighted by atomic mass is 32.2. The molecule has 2 aromatic rings. The Labute approximate surface area is 121 Å². The second kappa shape index (κ2) is 5.29. The van der Waals surface area contributed by atoms with Gasteiger partial charge in [0.1, 0.15) is 5.75 Å². The number of hydrogen-bond acceptors (Lipinski definition) is 6. The van der Waals surface area contributed by atoms with Crippen LogP contribution >= 0.6 is 11.3 Å². The number of hydrogen-bond donors (Lipinski definition) is 2. The van der Waals surface area contributed by atoms with Gasteiger partial charge in [-0.2, -0.15) is 0 Å². The number of ether oxygens (including phenoxy) is 1. The van der Waals surface area contributed by atoms with Crippen molar-refractivity contribution in [1.82, 2.24) is 4.98 Å². The molecule has 0 aliphatic carbocycles. The van der Waals surface area contributed by atoms with Gasteiger partial charge >= 0.3 is 0 Å². The van der Waals surface area contributed by atoms with Crippen molar-refractivity contribution in [3.63, 3.8) is 0 Å². The van der Waals surface area contributed by atoms with E-state index >= 15 is 0 Å². The number of sulfonamides is 1. The van der Waals surface area contributed by atoms with Gasteiger partial charge in [0.05, 0.1) is 12.8 Å². The Morgan fingerprint density at radius 1 is 1.35 bits per heavy atom. The predicted molar refractivity (Wildman–Crippen MR) is 79.8 cm³/mol. The quantitative estimate of drug-likeness (QED) is 0.902. The van der Waals surface area contributed by atoms with Gasteiger partial charge in [0.25, 0.3) is 10.0 Å². The van der Waals surface area contributed by atoms with Gasteiger partial charge in [-0.25, -0.2) is 13.4 Å². The molecular formula is C12H15N3O3S2. The number of aryl methyl sites for hydroxylation is 2. The number of nitrogen functional groups attached to an aromatic ring is 1. The number of nitrogens with two attached hydrogens (primary N) is 1. The topological polar surface area (TPSA) is 94.3 Å². The van der Waals surface area contributed by atoms with Crippen LogP contribution in [0.25, 0.3) is 0 Å². The van der Waals surface area contributed by atoms with E-state index in [1.807, 2.05) is 6.92 Å². The summed E-state index contributed by atoms with van der Waals surface area (Å²) in [6, 6.07) is 5.06. The van der Waals surface area contributed by atoms with E-state index in [0.717, 1.165) is 16.9 Å². The van der Waals surface area contributed by atoms with Crippen molar-refractivity contribution in [3.05, 3.63) is 29.5 Å². The SMILES string of the molecule is COc1ccc(NS(=O)(=O)c2sc(N)nc2C)cc1C. The zero-order valence-electron chi connectivity index (χ0n) is 11.3. The number of methoxy groups -OCH3 is 1. The minimum Gasteiger partial charge on any atom is -0.496 e. The maximum atomic E-state index is 12.3. The van der Waals surface area contributed by atoms with E-state index in [-0.39, 0.29) is 9.34 Å². The third-order valence-electron chi connectivity index (χ3n) is 2.66. The standard InChI is InChI=1S/C12H15N3O3S2/c1-7-6-9(4-5-10(7)18-3)15-20(16,17)11-8(2)14-12(13)19-11/h4-6,15H,1-3H3,(H2,13,14). The van der Waals surface area contributed by atoms with Crippen molar-refractivity contribution in [2.24, 2.45) is 0 Å². The van der Waals surface area contributed by atoms with Gasteiger partial charge in [0, 0.05) is 5.69 Å². The number of aromatic nitrogens is 1. The molecule has 0 aliphatic rings. The Bertz CT molecular complexity index is 738. The molecule has 0 aliphatic heterocycles. The van der Waals surface area contributed by atoms with Crippen molar-refractivity contribution in [2.45, 2.75) is 18.1 Å². The van der Waals surface area contributed by atoms with Crippen LogP contribution in [0.4, 0.5) is 10.8 Å². The molecule has 0 radical (unpaired) electrons. The molecular weight excluding hydrogens is 298 g/mol. The van der Waals surface area contributed by atoms with Crippen LogP contribution < -0.4 is 15.2 Å². The fourth-order valence-corrected chi connectivity index (χ4v) is 4.15. The molecule has 0 amide bonds. The third kappa shape index (κ3) is 2.86. The van der Waals surface area contributed by atoms with Crippen molar-refractivity contribution < 1.29 is 13.2 Å². The molecule has 0 spiro atoms. The zero-order chi connectivity index (χ0) is 14.9. The van der Waals surface area contributed by atoms with Crippen LogP contribution in [0.15, 0.2) is 22.4 Å². The minimum atomic E-state index is -3.67. The molecule has 3 N–H and O–H groups in total. The summed E-state index contributed by atoms with van der Waals surface area (Å²) >= 11 is 0.944. The van der Waals surface area contributed by atoms with Crippen LogP contribution in [-0.4, -0.2) is 20.5 Å². The normalized spacial score (nSPS) is 11.3. The van der Waals surface area contributed by atoms with E-state index in [1.165, 1.54) is 0 Å². The second-order valence-electron chi connectivity index (χ2n) is 4.21. The molecule has 1 aromatic carbocycles. The third-order valence-corrected chi connectivity index (χ3v) is 5.64. The highest BCUT2D eigenvalue weighted by Crippen LogP contribution is 2.28. The molecule has 1 heterocycles. The summed E-state index contributed by atoms with van der Waals surface area (Å²) in [6.45, 7) is 3.45. The summed E-state index contributed by atoms with van der Waals surface area (Å²) in [5.74, 6) is 0.700. The smallest absolute Gasteiger partial charge is 0.273 e. The van der Waals surface area contributed by atoms with E-state index in [2.05, 4.69) is 9.71 Å². The molecule has 108 valence electrons. The highest BCUT2D eigenvalue weighted by Gasteiger charge is 2.21. The first-order valence-electron chi connectivity index (χ1n) is 5.74. The summed E-state index contributed by atoms with van der Waals surface area (Å²) in [5, 5.41) is 0.230. The largest absolute Gasteiger partial charge is 0.496 e. The molecule has 0 saturated carbocycles. The van der Waals surface area contributed by atoms with Crippen LogP contribution in [-0.2, 0) is 10.0 Å². The Hall–Kier alpha value is -1.80. The van der Waals surface area contributed by atoms with E-state index in [1.54, 1.807) is 32.2 Å². The number of benzene rings is 1. The number of nitrogens with one attached hydrogen (secondary N) is 1. The first-order valence-corrected chi connectivity index (χ1v) is 8.04. The lowest BCUT2D eigenvalue weighted by atomic mass is 10.2. The molecule has 1 aromatic heterocycles. The van der Waals surface area contributed by atoms with Gasteiger partial charge in [-0.3, -0.25) is 4.72 Å². The minimum absolute atomic E-state index is 0.128. The van der Waals surface area contributed by atoms with E-state index < -0.39 is 10.0 Å². The van der Waals surface area contributed by atoms with Gasteiger partial charge in [-0.1, -0.05) is 11.3 Å². The summed E-state index contributed by atoms with van der Waals surface area (Å²) < 4.78 is 32.3. The lowest BCUT2D eigenvalue weighted by Crippen LogP contribution is -2.12. The first kappa shape index (κ1) is 14.6. The summed E-state index contributed by atoms with van der Waals surface area (Å²) in [4.78, 5) is 3.92. The lowest BCUT2D eigenvalue weighted by molar-refractivity contribution is 0.412. The zero-order valence-corrected chi connectivity index (χ0v) is 12.9. The summed E-state index contributed by atoms with van der Waals surface area (Å²) in [5.41, 5.74) is 7.23. The van der Waals surface area contributed by atoms with Crippen LogP contribution in [0.1, 0.15) is 11.3 Å². The maximum absolute atomic E-state index is 12.3. The number of rotatable bonds is 4. The van der Waals surface area contributed by atoms with E-state index in [0.29, 0.717) is 17.1 Å². The second-order valence-corrected chi connectivity index (χ2v) is 7.12. The van der Waals surface area contributed by atoms with Crippen molar-refractivity contribution in [2.75, 3.05) is 17.6 Å². The maximum Gasteiger partial charge on any atom is 0.273 e. The molecule has 0 atom stereocenters. The molecule has 6 nitrogen and oxygen atoms in total. The Kier molecular flexibility index (Phi) is 3.87. The van der Waals surface area contributed by atoms with Crippen LogP contribution in [0, 0.1) is 13.8 Å². The van der Waals surface area contributed by atoms with Crippen LogP contribution in [0.2, 0.25) is 0 Å².